The van der Waals surface area contributed by atoms with E-state index in [1.165, 1.54) is 6.92 Å². The zero-order valence-electron chi connectivity index (χ0n) is 19.6. The number of ether oxygens (including phenoxy) is 1. The van der Waals surface area contributed by atoms with Crippen molar-refractivity contribution < 1.29 is 23.8 Å². The van der Waals surface area contributed by atoms with Gasteiger partial charge in [-0.25, -0.2) is 4.98 Å². The molecule has 2 aromatic carbocycles. The first-order valence-electron chi connectivity index (χ1n) is 11.1. The zero-order valence-corrected chi connectivity index (χ0v) is 19.6. The van der Waals surface area contributed by atoms with E-state index in [2.05, 4.69) is 4.98 Å². The van der Waals surface area contributed by atoms with Crippen molar-refractivity contribution >= 4 is 17.6 Å². The smallest absolute Gasteiger partial charge is 0.303 e. The molecule has 0 spiro atoms. The van der Waals surface area contributed by atoms with E-state index < -0.39 is 5.97 Å². The van der Waals surface area contributed by atoms with Gasteiger partial charge < -0.3 is 19.2 Å². The average Bonchev–Trinajstić information content (AvgIpc) is 3.17. The predicted molar refractivity (Wildman–Crippen MR) is 127 cm³/mol. The summed E-state index contributed by atoms with van der Waals surface area (Å²) in [7, 11) is 1.73. The van der Waals surface area contributed by atoms with Crippen molar-refractivity contribution in [2.45, 2.75) is 46.5 Å². The van der Waals surface area contributed by atoms with Gasteiger partial charge in [-0.2, -0.15) is 0 Å². The van der Waals surface area contributed by atoms with Crippen molar-refractivity contribution in [3.8, 4) is 17.2 Å². The van der Waals surface area contributed by atoms with Gasteiger partial charge in [-0.05, 0) is 61.2 Å². The molecule has 33 heavy (non-hydrogen) atoms. The van der Waals surface area contributed by atoms with Gasteiger partial charge in [-0.3, -0.25) is 9.59 Å². The molecule has 1 amide bonds. The molecule has 0 aliphatic carbocycles. The molecule has 0 aliphatic heterocycles. The number of carbonyl (C=O) groups excluding carboxylic acids is 1. The second kappa shape index (κ2) is 10.8. The molecule has 0 atom stereocenters. The van der Waals surface area contributed by atoms with E-state index in [1.807, 2.05) is 56.3 Å². The van der Waals surface area contributed by atoms with Crippen LogP contribution in [-0.4, -0.2) is 35.6 Å². The van der Waals surface area contributed by atoms with Gasteiger partial charge in [-0.1, -0.05) is 19.1 Å². The van der Waals surface area contributed by atoms with E-state index in [0.717, 1.165) is 46.0 Å². The highest BCUT2D eigenvalue weighted by Crippen LogP contribution is 2.26. The number of aromatic nitrogens is 1. The highest BCUT2D eigenvalue weighted by molar-refractivity contribution is 5.91. The first-order chi connectivity index (χ1) is 15.8. The third-order valence-electron chi connectivity index (χ3n) is 5.62. The first-order valence-corrected chi connectivity index (χ1v) is 11.1. The van der Waals surface area contributed by atoms with Crippen LogP contribution in [0, 0.1) is 6.92 Å². The molecule has 174 valence electrons. The number of oxazole rings is 1. The summed E-state index contributed by atoms with van der Waals surface area (Å²) in [6.07, 6.45) is 2.04. The Morgan fingerprint density at radius 3 is 2.61 bits per heavy atom. The van der Waals surface area contributed by atoms with Crippen LogP contribution in [0.3, 0.4) is 0 Å². The van der Waals surface area contributed by atoms with Crippen molar-refractivity contribution in [1.29, 1.82) is 0 Å². The van der Waals surface area contributed by atoms with Gasteiger partial charge >= 0.3 is 5.97 Å². The van der Waals surface area contributed by atoms with Gasteiger partial charge in [0.25, 0.3) is 0 Å². The number of aliphatic carboxylic acids is 1. The standard InChI is InChI=1S/C26H30N2O5/c1-5-19-16-23(11-9-20(19)10-12-25(30)31)32-14-13-24-17(2)33-26(27-24)21-7-6-8-22(15-21)28(4)18(3)29/h6-9,11,15-16H,5,10,12-14H2,1-4H3,(H,30,31). The average molecular weight is 451 g/mol. The molecule has 7 nitrogen and oxygen atoms in total. The van der Waals surface area contributed by atoms with E-state index in [9.17, 15) is 9.59 Å². The number of carboxylic acids is 1. The van der Waals surface area contributed by atoms with E-state index in [4.69, 9.17) is 14.3 Å². The van der Waals surface area contributed by atoms with Gasteiger partial charge in [0.05, 0.1) is 12.3 Å². The Hall–Kier alpha value is -3.61. The molecule has 7 heteroatoms. The second-order valence-corrected chi connectivity index (χ2v) is 7.93. The number of rotatable bonds is 10. The quantitative estimate of drug-likeness (QED) is 0.475. The van der Waals surface area contributed by atoms with Crippen LogP contribution in [0.25, 0.3) is 11.5 Å². The van der Waals surface area contributed by atoms with Crippen LogP contribution in [-0.2, 0) is 28.9 Å². The third kappa shape index (κ3) is 6.22. The van der Waals surface area contributed by atoms with Crippen LogP contribution < -0.4 is 9.64 Å². The highest BCUT2D eigenvalue weighted by Gasteiger charge is 2.14. The lowest BCUT2D eigenvalue weighted by Gasteiger charge is -2.15. The number of benzene rings is 2. The minimum absolute atomic E-state index is 0.0466. The lowest BCUT2D eigenvalue weighted by molar-refractivity contribution is -0.137. The van der Waals surface area contributed by atoms with Crippen LogP contribution >= 0.6 is 0 Å². The van der Waals surface area contributed by atoms with Crippen molar-refractivity contribution in [1.82, 2.24) is 4.98 Å². The maximum Gasteiger partial charge on any atom is 0.303 e. The Morgan fingerprint density at radius 1 is 1.12 bits per heavy atom. The molecule has 1 aromatic heterocycles. The van der Waals surface area contributed by atoms with Crippen LogP contribution in [0.2, 0.25) is 0 Å². The molecule has 0 unspecified atom stereocenters. The van der Waals surface area contributed by atoms with Gasteiger partial charge in [0, 0.05) is 38.1 Å². The van der Waals surface area contributed by atoms with Crippen molar-refractivity contribution in [2.75, 3.05) is 18.6 Å². The number of hydrogen-bond acceptors (Lipinski definition) is 5. The lowest BCUT2D eigenvalue weighted by atomic mass is 10.0. The molecule has 0 fully saturated rings. The summed E-state index contributed by atoms with van der Waals surface area (Å²) in [5, 5.41) is 8.92. The van der Waals surface area contributed by atoms with Crippen molar-refractivity contribution in [3.05, 3.63) is 65.0 Å². The van der Waals surface area contributed by atoms with E-state index in [1.54, 1.807) is 11.9 Å². The summed E-state index contributed by atoms with van der Waals surface area (Å²) in [5.41, 5.74) is 4.55. The van der Waals surface area contributed by atoms with E-state index in [-0.39, 0.29) is 12.3 Å². The Morgan fingerprint density at radius 2 is 1.91 bits per heavy atom. The largest absolute Gasteiger partial charge is 0.493 e. The molecule has 3 aromatic rings. The van der Waals surface area contributed by atoms with Gasteiger partial charge in [0.15, 0.2) is 0 Å². The molecule has 0 bridgehead atoms. The number of hydrogen-bond donors (Lipinski definition) is 1. The van der Waals surface area contributed by atoms with Crippen LogP contribution in [0.15, 0.2) is 46.9 Å². The summed E-state index contributed by atoms with van der Waals surface area (Å²) in [5.74, 6) is 1.16. The van der Waals surface area contributed by atoms with Crippen molar-refractivity contribution in [2.24, 2.45) is 0 Å². The second-order valence-electron chi connectivity index (χ2n) is 7.93. The van der Waals surface area contributed by atoms with Crippen LogP contribution in [0.5, 0.6) is 5.75 Å². The molecule has 3 rings (SSSR count). The monoisotopic (exact) mass is 450 g/mol. The number of carbonyl (C=O) groups is 2. The Kier molecular flexibility index (Phi) is 7.87. The summed E-state index contributed by atoms with van der Waals surface area (Å²) < 4.78 is 11.8. The number of carboxylic acid groups (broad SMARTS) is 1. The summed E-state index contributed by atoms with van der Waals surface area (Å²) >= 11 is 0. The molecular formula is C26H30N2O5. The lowest BCUT2D eigenvalue weighted by Crippen LogP contribution is -2.22. The van der Waals surface area contributed by atoms with E-state index in [0.29, 0.717) is 25.3 Å². The summed E-state index contributed by atoms with van der Waals surface area (Å²) in [4.78, 5) is 28.7. The number of amides is 1. The topological polar surface area (TPSA) is 92.9 Å². The summed E-state index contributed by atoms with van der Waals surface area (Å²) in [6.45, 7) is 5.89. The molecule has 0 saturated heterocycles. The predicted octanol–water partition coefficient (Wildman–Crippen LogP) is 4.83. The fourth-order valence-electron chi connectivity index (χ4n) is 3.59. The Bertz CT molecular complexity index is 1140. The fraction of sp³-hybridized carbons (Fsp3) is 0.346. The minimum Gasteiger partial charge on any atom is -0.493 e. The molecular weight excluding hydrogens is 420 g/mol. The fourth-order valence-corrected chi connectivity index (χ4v) is 3.59. The molecule has 0 aliphatic rings. The first kappa shape index (κ1) is 24.0. The Labute approximate surface area is 194 Å². The van der Waals surface area contributed by atoms with Crippen molar-refractivity contribution in [3.63, 3.8) is 0 Å². The van der Waals surface area contributed by atoms with Crippen LogP contribution in [0.4, 0.5) is 5.69 Å². The molecule has 1 N–H and O–H groups in total. The third-order valence-corrected chi connectivity index (χ3v) is 5.62. The number of nitrogens with zero attached hydrogens (tertiary/aromatic N) is 2. The molecule has 1 heterocycles. The SMILES string of the molecule is CCc1cc(OCCc2nc(-c3cccc(N(C)C(C)=O)c3)oc2C)ccc1CCC(=O)O. The van der Waals surface area contributed by atoms with Gasteiger partial charge in [-0.15, -0.1) is 0 Å². The van der Waals surface area contributed by atoms with E-state index >= 15 is 0 Å². The normalized spacial score (nSPS) is 10.8. The minimum atomic E-state index is -0.794. The van der Waals surface area contributed by atoms with Crippen LogP contribution in [0.1, 0.15) is 42.8 Å². The van der Waals surface area contributed by atoms with Gasteiger partial charge in [0.2, 0.25) is 11.8 Å². The maximum atomic E-state index is 11.7. The molecule has 0 radical (unpaired) electrons. The number of aryl methyl sites for hydroxylation is 3. The maximum absolute atomic E-state index is 11.7. The number of anilines is 1. The zero-order chi connectivity index (χ0) is 24.0. The van der Waals surface area contributed by atoms with Gasteiger partial charge in [0.1, 0.15) is 11.5 Å². The highest BCUT2D eigenvalue weighted by atomic mass is 16.5. The Balaban J connectivity index is 1.65. The summed E-state index contributed by atoms with van der Waals surface area (Å²) in [6, 6.07) is 13.3. The molecule has 0 saturated carbocycles.